The van der Waals surface area contributed by atoms with Crippen molar-refractivity contribution >= 4 is 11.9 Å². The van der Waals surface area contributed by atoms with E-state index in [1.165, 1.54) is 0 Å². The summed E-state index contributed by atoms with van der Waals surface area (Å²) < 4.78 is 31.8. The zero-order valence-corrected chi connectivity index (χ0v) is 17.5. The van der Waals surface area contributed by atoms with Crippen LogP contribution in [0.3, 0.4) is 0 Å². The second-order valence-electron chi connectivity index (χ2n) is 6.95. The number of hydrogen-bond acceptors (Lipinski definition) is 8. The molecular formula is C21H34O8. The summed E-state index contributed by atoms with van der Waals surface area (Å²) in [7, 11) is 0. The highest BCUT2D eigenvalue weighted by atomic mass is 16.6. The van der Waals surface area contributed by atoms with Crippen molar-refractivity contribution in [2.24, 2.45) is 23.7 Å². The van der Waals surface area contributed by atoms with E-state index in [9.17, 15) is 9.59 Å². The van der Waals surface area contributed by atoms with Crippen molar-refractivity contribution in [2.75, 3.05) is 66.1 Å². The molecule has 0 amide bonds. The van der Waals surface area contributed by atoms with Gasteiger partial charge in [0.05, 0.1) is 51.5 Å². The van der Waals surface area contributed by atoms with Crippen LogP contribution in [0.5, 0.6) is 0 Å². The number of carbonyl (C=O) groups is 2. The number of fused-ring (bicyclic) bond motifs is 2. The molecule has 0 spiro atoms. The van der Waals surface area contributed by atoms with Crippen LogP contribution in [0.1, 0.15) is 20.3 Å². The molecule has 0 heterocycles. The first kappa shape index (κ1) is 23.8. The summed E-state index contributed by atoms with van der Waals surface area (Å²) in [4.78, 5) is 25.2. The lowest BCUT2D eigenvalue weighted by Gasteiger charge is -2.25. The van der Waals surface area contributed by atoms with Gasteiger partial charge in [0.25, 0.3) is 0 Å². The molecule has 0 N–H and O–H groups in total. The predicted molar refractivity (Wildman–Crippen MR) is 104 cm³/mol. The molecule has 2 aliphatic rings. The normalized spacial score (nSPS) is 24.8. The summed E-state index contributed by atoms with van der Waals surface area (Å²) in [6, 6.07) is 0. The van der Waals surface area contributed by atoms with Crippen molar-refractivity contribution in [2.45, 2.75) is 20.3 Å². The van der Waals surface area contributed by atoms with Gasteiger partial charge in [-0.3, -0.25) is 9.59 Å². The third-order valence-corrected chi connectivity index (χ3v) is 5.10. The zero-order chi connectivity index (χ0) is 20.9. The SMILES string of the molecule is CCOCCOCCOC(=O)C1C2C=CC(C2)C1C(=O)OCCOCCOCC. The van der Waals surface area contributed by atoms with Gasteiger partial charge < -0.3 is 28.4 Å². The van der Waals surface area contributed by atoms with Gasteiger partial charge >= 0.3 is 11.9 Å². The molecule has 0 aromatic heterocycles. The van der Waals surface area contributed by atoms with E-state index >= 15 is 0 Å². The fourth-order valence-electron chi connectivity index (χ4n) is 3.79. The first-order valence-electron chi connectivity index (χ1n) is 10.5. The van der Waals surface area contributed by atoms with E-state index < -0.39 is 11.8 Å². The Labute approximate surface area is 172 Å². The zero-order valence-electron chi connectivity index (χ0n) is 17.5. The first-order valence-corrected chi connectivity index (χ1v) is 10.5. The highest BCUT2D eigenvalue weighted by Crippen LogP contribution is 2.49. The van der Waals surface area contributed by atoms with E-state index in [1.807, 2.05) is 26.0 Å². The Morgan fingerprint density at radius 3 is 1.45 bits per heavy atom. The summed E-state index contributed by atoms with van der Waals surface area (Å²) in [6.07, 6.45) is 4.81. The van der Waals surface area contributed by atoms with Crippen molar-refractivity contribution in [1.82, 2.24) is 0 Å². The van der Waals surface area contributed by atoms with E-state index in [-0.39, 0.29) is 37.0 Å². The molecular weight excluding hydrogens is 380 g/mol. The van der Waals surface area contributed by atoms with Crippen molar-refractivity contribution in [3.63, 3.8) is 0 Å². The molecule has 2 bridgehead atoms. The van der Waals surface area contributed by atoms with Crippen LogP contribution in [-0.2, 0) is 38.0 Å². The summed E-state index contributed by atoms with van der Waals surface area (Å²) in [5.41, 5.74) is 0. The Morgan fingerprint density at radius 2 is 1.03 bits per heavy atom. The van der Waals surface area contributed by atoms with Crippen LogP contribution in [0, 0.1) is 23.7 Å². The third-order valence-electron chi connectivity index (χ3n) is 5.10. The van der Waals surface area contributed by atoms with Crippen LogP contribution in [0.15, 0.2) is 12.2 Å². The second kappa shape index (κ2) is 13.7. The summed E-state index contributed by atoms with van der Waals surface area (Å²) in [5, 5.41) is 0. The molecule has 8 heteroatoms. The lowest BCUT2D eigenvalue weighted by atomic mass is 9.83. The number of allylic oxidation sites excluding steroid dienone is 2. The van der Waals surface area contributed by atoms with Crippen LogP contribution in [-0.4, -0.2) is 78.0 Å². The largest absolute Gasteiger partial charge is 0.463 e. The van der Waals surface area contributed by atoms with Gasteiger partial charge in [-0.25, -0.2) is 0 Å². The van der Waals surface area contributed by atoms with Gasteiger partial charge in [-0.05, 0) is 32.1 Å². The first-order chi connectivity index (χ1) is 14.2. The lowest BCUT2D eigenvalue weighted by molar-refractivity contribution is -0.163. The molecule has 4 atom stereocenters. The second-order valence-corrected chi connectivity index (χ2v) is 6.95. The standard InChI is InChI=1S/C21H34O8/c1-3-24-7-9-26-11-13-28-20(22)18-16-5-6-17(15-16)19(18)21(23)29-14-12-27-10-8-25-4-2/h5-6,16-19H,3-4,7-15H2,1-2H3. The minimum Gasteiger partial charge on any atom is -0.463 e. The van der Waals surface area contributed by atoms with E-state index in [2.05, 4.69) is 0 Å². The van der Waals surface area contributed by atoms with Crippen molar-refractivity contribution in [3.05, 3.63) is 12.2 Å². The Hall–Kier alpha value is -1.48. The molecule has 0 aromatic carbocycles. The molecule has 1 fully saturated rings. The monoisotopic (exact) mass is 414 g/mol. The van der Waals surface area contributed by atoms with Crippen molar-refractivity contribution in [1.29, 1.82) is 0 Å². The van der Waals surface area contributed by atoms with Crippen molar-refractivity contribution < 1.29 is 38.0 Å². The van der Waals surface area contributed by atoms with Gasteiger partial charge in [-0.1, -0.05) is 12.2 Å². The van der Waals surface area contributed by atoms with E-state index in [4.69, 9.17) is 28.4 Å². The van der Waals surface area contributed by atoms with Gasteiger partial charge in [0.2, 0.25) is 0 Å². The molecule has 29 heavy (non-hydrogen) atoms. The van der Waals surface area contributed by atoms with Crippen LogP contribution >= 0.6 is 0 Å². The summed E-state index contributed by atoms with van der Waals surface area (Å²) in [6.45, 7) is 8.04. The number of carbonyl (C=O) groups excluding carboxylic acids is 2. The number of esters is 2. The molecule has 2 aliphatic carbocycles. The fourth-order valence-corrected chi connectivity index (χ4v) is 3.79. The highest BCUT2D eigenvalue weighted by Gasteiger charge is 2.53. The molecule has 0 radical (unpaired) electrons. The lowest BCUT2D eigenvalue weighted by Crippen LogP contribution is -2.36. The Kier molecular flexibility index (Phi) is 11.2. The molecule has 4 unspecified atom stereocenters. The van der Waals surface area contributed by atoms with Gasteiger partial charge in [0.15, 0.2) is 0 Å². The molecule has 0 saturated heterocycles. The Morgan fingerprint density at radius 1 is 0.655 bits per heavy atom. The summed E-state index contributed by atoms with van der Waals surface area (Å²) in [5.74, 6) is -1.62. The van der Waals surface area contributed by atoms with Crippen LogP contribution in [0.25, 0.3) is 0 Å². The molecule has 8 nitrogen and oxygen atoms in total. The number of hydrogen-bond donors (Lipinski definition) is 0. The fraction of sp³-hybridized carbons (Fsp3) is 0.810. The van der Waals surface area contributed by atoms with E-state index in [0.717, 1.165) is 6.42 Å². The molecule has 0 aliphatic heterocycles. The molecule has 166 valence electrons. The number of rotatable bonds is 16. The van der Waals surface area contributed by atoms with E-state index in [0.29, 0.717) is 52.9 Å². The van der Waals surface area contributed by atoms with Crippen LogP contribution in [0.4, 0.5) is 0 Å². The molecule has 0 aromatic rings. The Balaban J connectivity index is 1.69. The van der Waals surface area contributed by atoms with Gasteiger partial charge in [0.1, 0.15) is 13.2 Å². The minimum atomic E-state index is -0.486. The maximum atomic E-state index is 12.6. The average Bonchev–Trinajstić information content (AvgIpc) is 3.34. The summed E-state index contributed by atoms with van der Waals surface area (Å²) >= 11 is 0. The maximum Gasteiger partial charge on any atom is 0.310 e. The van der Waals surface area contributed by atoms with Crippen molar-refractivity contribution in [3.8, 4) is 0 Å². The minimum absolute atomic E-state index is 0.0337. The van der Waals surface area contributed by atoms with Gasteiger partial charge in [0, 0.05) is 13.2 Å². The maximum absolute atomic E-state index is 12.6. The molecule has 2 rings (SSSR count). The van der Waals surface area contributed by atoms with Crippen LogP contribution in [0.2, 0.25) is 0 Å². The average molecular weight is 414 g/mol. The van der Waals surface area contributed by atoms with Gasteiger partial charge in [-0.15, -0.1) is 0 Å². The molecule has 1 saturated carbocycles. The quantitative estimate of drug-likeness (QED) is 0.214. The topological polar surface area (TPSA) is 89.5 Å². The smallest absolute Gasteiger partial charge is 0.310 e. The third kappa shape index (κ3) is 7.70. The Bertz CT molecular complexity index is 477. The van der Waals surface area contributed by atoms with Crippen LogP contribution < -0.4 is 0 Å². The predicted octanol–water partition coefficient (Wildman–Crippen LogP) is 1.62. The highest BCUT2D eigenvalue weighted by molar-refractivity contribution is 5.84. The number of ether oxygens (including phenoxy) is 6. The van der Waals surface area contributed by atoms with Gasteiger partial charge in [-0.2, -0.15) is 0 Å². The van der Waals surface area contributed by atoms with E-state index in [1.54, 1.807) is 0 Å².